The van der Waals surface area contributed by atoms with Gasteiger partial charge in [-0.15, -0.1) is 0 Å². The van der Waals surface area contributed by atoms with Crippen LogP contribution in [0.4, 0.5) is 5.82 Å². The summed E-state index contributed by atoms with van der Waals surface area (Å²) in [5, 5.41) is 9.41. The van der Waals surface area contributed by atoms with Crippen LogP contribution in [0.3, 0.4) is 0 Å². The number of carboxylic acid groups (broad SMARTS) is 1. The largest absolute Gasteiger partial charge is 0.488 e. The number of anilines is 1. The van der Waals surface area contributed by atoms with E-state index in [0.29, 0.717) is 32.2 Å². The van der Waals surface area contributed by atoms with Gasteiger partial charge in [-0.1, -0.05) is 30.3 Å². The first-order chi connectivity index (χ1) is 19.0. The highest BCUT2D eigenvalue weighted by Crippen LogP contribution is 2.35. The van der Waals surface area contributed by atoms with Crippen molar-refractivity contribution < 1.29 is 19.4 Å². The van der Waals surface area contributed by atoms with E-state index in [1.165, 1.54) is 22.3 Å². The maximum Gasteiger partial charge on any atom is 0.308 e. The number of pyridine rings is 1. The molecule has 6 rings (SSSR count). The van der Waals surface area contributed by atoms with Crippen molar-refractivity contribution in [2.75, 3.05) is 44.3 Å². The van der Waals surface area contributed by atoms with Crippen molar-refractivity contribution in [1.29, 1.82) is 0 Å². The summed E-state index contributed by atoms with van der Waals surface area (Å²) in [7, 11) is 0. The van der Waals surface area contributed by atoms with E-state index in [1.54, 1.807) is 0 Å². The lowest BCUT2D eigenvalue weighted by Crippen LogP contribution is -2.49. The first kappa shape index (κ1) is 25.8. The molecule has 0 radical (unpaired) electrons. The van der Waals surface area contributed by atoms with E-state index in [1.807, 2.05) is 24.3 Å². The van der Waals surface area contributed by atoms with E-state index in [4.69, 9.17) is 14.5 Å². The summed E-state index contributed by atoms with van der Waals surface area (Å²) in [5.41, 5.74) is 8.36. The van der Waals surface area contributed by atoms with E-state index >= 15 is 0 Å². The Morgan fingerprint density at radius 3 is 2.64 bits per heavy atom. The van der Waals surface area contributed by atoms with Crippen molar-refractivity contribution in [3.63, 3.8) is 0 Å². The third kappa shape index (κ3) is 5.25. The number of aliphatic carboxylic acids is 1. The number of aryl methyl sites for hydroxylation is 1. The van der Waals surface area contributed by atoms with E-state index in [9.17, 15) is 9.90 Å². The molecule has 0 saturated carbocycles. The first-order valence-corrected chi connectivity index (χ1v) is 14.1. The smallest absolute Gasteiger partial charge is 0.308 e. The number of nitrogens with zero attached hydrogens (tertiary/aromatic N) is 3. The minimum Gasteiger partial charge on any atom is -0.488 e. The molecule has 1 aromatic heterocycles. The number of para-hydroxylation sites is 1. The summed E-state index contributed by atoms with van der Waals surface area (Å²) in [6.45, 7) is 9.93. The number of hydrogen-bond donors (Lipinski definition) is 1. The Labute approximate surface area is 230 Å². The molecule has 0 bridgehead atoms. The van der Waals surface area contributed by atoms with E-state index < -0.39 is 5.97 Å². The molecule has 1 unspecified atom stereocenters. The summed E-state index contributed by atoms with van der Waals surface area (Å²) >= 11 is 0. The van der Waals surface area contributed by atoms with E-state index in [-0.39, 0.29) is 5.92 Å². The SMILES string of the molecule is Cc1cccc(-c2cccc(N3CCC(C(=O)O)C3)n2)c1OCc1ccc2c(c1C)CCN(C1COC1)CC2. The summed E-state index contributed by atoms with van der Waals surface area (Å²) < 4.78 is 12.0. The van der Waals surface area contributed by atoms with Crippen molar-refractivity contribution in [3.8, 4) is 17.0 Å². The van der Waals surface area contributed by atoms with Gasteiger partial charge in [-0.05, 0) is 79.1 Å². The van der Waals surface area contributed by atoms with Crippen molar-refractivity contribution >= 4 is 11.8 Å². The summed E-state index contributed by atoms with van der Waals surface area (Å²) in [5.74, 6) is 0.583. The molecule has 0 aliphatic carbocycles. The van der Waals surface area contributed by atoms with Gasteiger partial charge >= 0.3 is 5.97 Å². The standard InChI is InChI=1S/C32H37N3O4/c1-21-5-3-6-28(29-7-4-8-30(33-29)35-15-12-24(17-35)32(36)37)31(21)39-18-25-10-9-23-11-14-34(26-19-38-20-26)16-13-27(23)22(25)2/h3-10,24,26H,11-20H2,1-2H3,(H,36,37). The number of aromatic nitrogens is 1. The molecule has 2 fully saturated rings. The van der Waals surface area contributed by atoms with E-state index in [0.717, 1.165) is 67.5 Å². The van der Waals surface area contributed by atoms with Gasteiger partial charge in [0.2, 0.25) is 0 Å². The Hall–Kier alpha value is -3.42. The minimum absolute atomic E-state index is 0.340. The zero-order valence-electron chi connectivity index (χ0n) is 22.9. The number of benzene rings is 2. The molecule has 39 heavy (non-hydrogen) atoms. The van der Waals surface area contributed by atoms with Crippen LogP contribution >= 0.6 is 0 Å². The first-order valence-electron chi connectivity index (χ1n) is 14.1. The van der Waals surface area contributed by atoms with Crippen LogP contribution < -0.4 is 9.64 Å². The predicted octanol–water partition coefficient (Wildman–Crippen LogP) is 4.65. The van der Waals surface area contributed by atoms with Crippen LogP contribution in [-0.4, -0.2) is 66.4 Å². The van der Waals surface area contributed by atoms with E-state index in [2.05, 4.69) is 47.9 Å². The van der Waals surface area contributed by atoms with Crippen LogP contribution in [-0.2, 0) is 29.0 Å². The Morgan fingerprint density at radius 2 is 1.87 bits per heavy atom. The number of rotatable bonds is 7. The van der Waals surface area contributed by atoms with Crippen LogP contribution in [0, 0.1) is 19.8 Å². The zero-order valence-corrected chi connectivity index (χ0v) is 22.9. The monoisotopic (exact) mass is 527 g/mol. The molecule has 4 heterocycles. The normalized spacial score (nSPS) is 19.8. The Balaban J connectivity index is 1.21. The van der Waals surface area contributed by atoms with Crippen molar-refractivity contribution in [3.05, 3.63) is 76.3 Å². The second kappa shape index (κ2) is 11.0. The fourth-order valence-corrected chi connectivity index (χ4v) is 6.15. The third-order valence-corrected chi connectivity index (χ3v) is 8.72. The molecule has 7 heteroatoms. The maximum atomic E-state index is 11.4. The van der Waals surface area contributed by atoms with Crippen molar-refractivity contribution in [1.82, 2.24) is 9.88 Å². The number of fused-ring (bicyclic) bond motifs is 1. The van der Waals surface area contributed by atoms with Crippen LogP contribution in [0.2, 0.25) is 0 Å². The summed E-state index contributed by atoms with van der Waals surface area (Å²) in [6.07, 6.45) is 2.80. The van der Waals surface area contributed by atoms with Crippen LogP contribution in [0.5, 0.6) is 5.75 Å². The van der Waals surface area contributed by atoms with Gasteiger partial charge in [-0.3, -0.25) is 9.69 Å². The molecule has 2 saturated heterocycles. The lowest BCUT2D eigenvalue weighted by Gasteiger charge is -2.36. The lowest BCUT2D eigenvalue weighted by molar-refractivity contribution is -0.140. The molecule has 3 aromatic rings. The topological polar surface area (TPSA) is 75.1 Å². The van der Waals surface area contributed by atoms with Gasteiger partial charge in [0.05, 0.1) is 30.9 Å². The molecule has 1 atom stereocenters. The van der Waals surface area contributed by atoms with Gasteiger partial charge in [0.1, 0.15) is 18.2 Å². The summed E-state index contributed by atoms with van der Waals surface area (Å²) in [6, 6.07) is 17.2. The second-order valence-corrected chi connectivity index (χ2v) is 11.1. The minimum atomic E-state index is -0.735. The predicted molar refractivity (Wildman–Crippen MR) is 151 cm³/mol. The highest BCUT2D eigenvalue weighted by atomic mass is 16.5. The fraction of sp³-hybridized carbons (Fsp3) is 0.438. The molecule has 1 N–H and O–H groups in total. The fourth-order valence-electron chi connectivity index (χ4n) is 6.15. The lowest BCUT2D eigenvalue weighted by atomic mass is 9.94. The molecule has 7 nitrogen and oxygen atoms in total. The molecular weight excluding hydrogens is 490 g/mol. The molecule has 0 spiro atoms. The zero-order chi connectivity index (χ0) is 26.9. The molecule has 2 aromatic carbocycles. The van der Waals surface area contributed by atoms with Gasteiger partial charge in [0, 0.05) is 31.7 Å². The second-order valence-electron chi connectivity index (χ2n) is 11.1. The summed E-state index contributed by atoms with van der Waals surface area (Å²) in [4.78, 5) is 21.0. The van der Waals surface area contributed by atoms with Gasteiger partial charge in [-0.25, -0.2) is 4.98 Å². The Bertz CT molecular complexity index is 1370. The van der Waals surface area contributed by atoms with Crippen LogP contribution in [0.25, 0.3) is 11.3 Å². The van der Waals surface area contributed by atoms with Crippen molar-refractivity contribution in [2.24, 2.45) is 5.92 Å². The number of ether oxygens (including phenoxy) is 2. The third-order valence-electron chi connectivity index (χ3n) is 8.72. The number of hydrogen-bond acceptors (Lipinski definition) is 6. The quantitative estimate of drug-likeness (QED) is 0.479. The molecular formula is C32H37N3O4. The highest BCUT2D eigenvalue weighted by Gasteiger charge is 2.29. The molecule has 3 aliphatic rings. The van der Waals surface area contributed by atoms with Crippen molar-refractivity contribution in [2.45, 2.75) is 45.8 Å². The van der Waals surface area contributed by atoms with Gasteiger partial charge in [-0.2, -0.15) is 0 Å². The molecule has 3 aliphatic heterocycles. The molecule has 204 valence electrons. The number of carbonyl (C=O) groups is 1. The molecule has 0 amide bonds. The van der Waals surface area contributed by atoms with Crippen LogP contribution in [0.1, 0.15) is 34.2 Å². The Kier molecular flexibility index (Phi) is 7.28. The number of carboxylic acids is 1. The Morgan fingerprint density at radius 1 is 1.05 bits per heavy atom. The van der Waals surface area contributed by atoms with Gasteiger partial charge in [0.15, 0.2) is 0 Å². The maximum absolute atomic E-state index is 11.4. The van der Waals surface area contributed by atoms with Crippen LogP contribution in [0.15, 0.2) is 48.5 Å². The van der Waals surface area contributed by atoms with Gasteiger partial charge < -0.3 is 19.5 Å². The highest BCUT2D eigenvalue weighted by molar-refractivity contribution is 5.73. The average molecular weight is 528 g/mol. The average Bonchev–Trinajstić information content (AvgIpc) is 3.32. The van der Waals surface area contributed by atoms with Gasteiger partial charge in [0.25, 0.3) is 0 Å².